The molecule has 1 aliphatic carbocycles. The maximum Gasteiger partial charge on any atom is 0.408 e. The number of ether oxygens (including phenoxy) is 1. The van der Waals surface area contributed by atoms with Gasteiger partial charge in [-0.05, 0) is 24.0 Å². The van der Waals surface area contributed by atoms with Crippen LogP contribution in [-0.2, 0) is 22.6 Å². The standard InChI is InChI=1S/C15H19NO3/c1-2-3-11-4-6-12(7-5-11)10-19-15(18)16-13-8-9-14(13)17/h4-7,13H,2-3,8-10H2,1H3,(H,16,18)/t13-/m0/s1. The largest absolute Gasteiger partial charge is 0.445 e. The van der Waals surface area contributed by atoms with Gasteiger partial charge >= 0.3 is 6.09 Å². The number of hydrogen-bond acceptors (Lipinski definition) is 3. The van der Waals surface area contributed by atoms with Crippen molar-refractivity contribution in [3.8, 4) is 0 Å². The highest BCUT2D eigenvalue weighted by Crippen LogP contribution is 2.14. The van der Waals surface area contributed by atoms with Crippen molar-refractivity contribution in [2.24, 2.45) is 0 Å². The van der Waals surface area contributed by atoms with Crippen molar-refractivity contribution in [1.29, 1.82) is 0 Å². The van der Waals surface area contributed by atoms with Gasteiger partial charge in [-0.2, -0.15) is 0 Å². The van der Waals surface area contributed by atoms with Crippen LogP contribution in [0.3, 0.4) is 0 Å². The van der Waals surface area contributed by atoms with Gasteiger partial charge in [0.2, 0.25) is 0 Å². The Morgan fingerprint density at radius 2 is 2.00 bits per heavy atom. The Morgan fingerprint density at radius 3 is 2.53 bits per heavy atom. The molecule has 4 heteroatoms. The van der Waals surface area contributed by atoms with Crippen molar-refractivity contribution in [2.45, 2.75) is 45.3 Å². The van der Waals surface area contributed by atoms with Gasteiger partial charge in [-0.3, -0.25) is 4.79 Å². The fourth-order valence-corrected chi connectivity index (χ4v) is 1.98. The Hall–Kier alpha value is -1.84. The average Bonchev–Trinajstić information content (AvgIpc) is 2.43. The average molecular weight is 261 g/mol. The lowest BCUT2D eigenvalue weighted by Gasteiger charge is -2.24. The zero-order chi connectivity index (χ0) is 13.7. The van der Waals surface area contributed by atoms with Crippen molar-refractivity contribution in [1.82, 2.24) is 5.32 Å². The van der Waals surface area contributed by atoms with Crippen LogP contribution in [0.25, 0.3) is 0 Å². The lowest BCUT2D eigenvalue weighted by atomic mass is 9.91. The number of Topliss-reactive ketones (excluding diaryl/α,β-unsaturated/α-hetero) is 1. The van der Waals surface area contributed by atoms with Crippen LogP contribution in [0.2, 0.25) is 0 Å². The smallest absolute Gasteiger partial charge is 0.408 e. The van der Waals surface area contributed by atoms with Gasteiger partial charge in [0.05, 0.1) is 6.04 Å². The van der Waals surface area contributed by atoms with E-state index in [4.69, 9.17) is 4.74 Å². The van der Waals surface area contributed by atoms with Crippen molar-refractivity contribution in [3.05, 3.63) is 35.4 Å². The van der Waals surface area contributed by atoms with E-state index in [0.717, 1.165) is 24.8 Å². The Labute approximate surface area is 113 Å². The molecule has 1 saturated carbocycles. The molecule has 1 atom stereocenters. The summed E-state index contributed by atoms with van der Waals surface area (Å²) in [5, 5.41) is 2.56. The minimum atomic E-state index is -0.518. The van der Waals surface area contributed by atoms with Crippen LogP contribution in [-0.4, -0.2) is 17.9 Å². The summed E-state index contributed by atoms with van der Waals surface area (Å²) in [6.07, 6.45) is 2.94. The maximum absolute atomic E-state index is 11.4. The molecular weight excluding hydrogens is 242 g/mol. The third-order valence-corrected chi connectivity index (χ3v) is 3.29. The van der Waals surface area contributed by atoms with Crippen LogP contribution in [0.5, 0.6) is 0 Å². The number of amides is 1. The second-order valence-corrected chi connectivity index (χ2v) is 4.84. The Bertz CT molecular complexity index is 453. The molecule has 1 fully saturated rings. The van der Waals surface area contributed by atoms with E-state index >= 15 is 0 Å². The van der Waals surface area contributed by atoms with Crippen LogP contribution >= 0.6 is 0 Å². The van der Waals surface area contributed by atoms with Gasteiger partial charge < -0.3 is 10.1 Å². The second-order valence-electron chi connectivity index (χ2n) is 4.84. The van der Waals surface area contributed by atoms with Gasteiger partial charge in [0.15, 0.2) is 5.78 Å². The zero-order valence-electron chi connectivity index (χ0n) is 11.1. The molecule has 0 heterocycles. The number of rotatable bonds is 5. The predicted octanol–water partition coefficient (Wildman–Crippen LogP) is 2.60. The molecule has 2 rings (SSSR count). The van der Waals surface area contributed by atoms with Crippen molar-refractivity contribution in [3.63, 3.8) is 0 Å². The summed E-state index contributed by atoms with van der Waals surface area (Å²) < 4.78 is 5.08. The fourth-order valence-electron chi connectivity index (χ4n) is 1.98. The van der Waals surface area contributed by atoms with E-state index in [2.05, 4.69) is 24.4 Å². The SMILES string of the molecule is CCCc1ccc(COC(=O)N[C@H]2CCC2=O)cc1. The Balaban J connectivity index is 1.75. The molecule has 1 aromatic carbocycles. The highest BCUT2D eigenvalue weighted by atomic mass is 16.5. The molecule has 1 N–H and O–H groups in total. The number of hydrogen-bond donors (Lipinski definition) is 1. The van der Waals surface area contributed by atoms with Crippen molar-refractivity contribution < 1.29 is 14.3 Å². The molecular formula is C15H19NO3. The summed E-state index contributed by atoms with van der Waals surface area (Å²) in [6, 6.07) is 7.70. The second kappa shape index (κ2) is 6.36. The Kier molecular flexibility index (Phi) is 4.55. The maximum atomic E-state index is 11.4. The van der Waals surface area contributed by atoms with Gasteiger partial charge in [0.25, 0.3) is 0 Å². The molecule has 1 aliphatic rings. The number of nitrogens with one attached hydrogen (secondary N) is 1. The first kappa shape index (κ1) is 13.6. The number of carbonyl (C=O) groups is 2. The summed E-state index contributed by atoms with van der Waals surface area (Å²) >= 11 is 0. The van der Waals surface area contributed by atoms with Crippen LogP contribution in [0.15, 0.2) is 24.3 Å². The van der Waals surface area contributed by atoms with E-state index in [-0.39, 0.29) is 18.4 Å². The Morgan fingerprint density at radius 1 is 1.32 bits per heavy atom. The van der Waals surface area contributed by atoms with E-state index in [1.165, 1.54) is 5.56 Å². The summed E-state index contributed by atoms with van der Waals surface area (Å²) in [5.74, 6) is 0.0841. The first-order valence-corrected chi connectivity index (χ1v) is 6.73. The third kappa shape index (κ3) is 3.81. The molecule has 0 unspecified atom stereocenters. The molecule has 4 nitrogen and oxygen atoms in total. The van der Waals surface area contributed by atoms with Gasteiger partial charge in [-0.25, -0.2) is 4.79 Å². The zero-order valence-corrected chi connectivity index (χ0v) is 11.1. The first-order valence-electron chi connectivity index (χ1n) is 6.73. The molecule has 0 saturated heterocycles. The van der Waals surface area contributed by atoms with E-state index in [1.807, 2.05) is 12.1 Å². The predicted molar refractivity (Wildman–Crippen MR) is 71.8 cm³/mol. The fraction of sp³-hybridized carbons (Fsp3) is 0.467. The quantitative estimate of drug-likeness (QED) is 0.886. The summed E-state index contributed by atoms with van der Waals surface area (Å²) in [5.41, 5.74) is 2.24. The molecule has 0 aromatic heterocycles. The number of ketones is 1. The van der Waals surface area contributed by atoms with E-state index in [0.29, 0.717) is 6.42 Å². The van der Waals surface area contributed by atoms with Crippen LogP contribution in [0.1, 0.15) is 37.3 Å². The van der Waals surface area contributed by atoms with Gasteiger partial charge in [-0.1, -0.05) is 37.6 Å². The minimum Gasteiger partial charge on any atom is -0.445 e. The van der Waals surface area contributed by atoms with E-state index < -0.39 is 6.09 Å². The highest BCUT2D eigenvalue weighted by molar-refractivity contribution is 5.92. The molecule has 0 radical (unpaired) electrons. The van der Waals surface area contributed by atoms with Gasteiger partial charge in [0, 0.05) is 6.42 Å². The number of alkyl carbamates (subject to hydrolysis) is 1. The minimum absolute atomic E-state index is 0.0841. The molecule has 0 bridgehead atoms. The normalized spacial score (nSPS) is 17.7. The highest BCUT2D eigenvalue weighted by Gasteiger charge is 2.29. The lowest BCUT2D eigenvalue weighted by Crippen LogP contribution is -2.47. The summed E-state index contributed by atoms with van der Waals surface area (Å²) in [4.78, 5) is 22.5. The monoisotopic (exact) mass is 261 g/mol. The molecule has 1 amide bonds. The van der Waals surface area contributed by atoms with Crippen molar-refractivity contribution >= 4 is 11.9 Å². The van der Waals surface area contributed by atoms with E-state index in [1.54, 1.807) is 0 Å². The number of aryl methyl sites for hydroxylation is 1. The molecule has 19 heavy (non-hydrogen) atoms. The van der Waals surface area contributed by atoms with E-state index in [9.17, 15) is 9.59 Å². The lowest BCUT2D eigenvalue weighted by molar-refractivity contribution is -0.126. The molecule has 0 spiro atoms. The molecule has 1 aromatic rings. The van der Waals surface area contributed by atoms with Crippen LogP contribution in [0.4, 0.5) is 4.79 Å². The summed E-state index contributed by atoms with van der Waals surface area (Å²) in [6.45, 7) is 2.38. The molecule has 0 aliphatic heterocycles. The van der Waals surface area contributed by atoms with Crippen LogP contribution < -0.4 is 5.32 Å². The van der Waals surface area contributed by atoms with Gasteiger partial charge in [0.1, 0.15) is 6.61 Å². The van der Waals surface area contributed by atoms with Gasteiger partial charge in [-0.15, -0.1) is 0 Å². The molecule has 102 valence electrons. The van der Waals surface area contributed by atoms with Crippen molar-refractivity contribution in [2.75, 3.05) is 0 Å². The number of benzene rings is 1. The van der Waals surface area contributed by atoms with Crippen LogP contribution in [0, 0.1) is 0 Å². The third-order valence-electron chi connectivity index (χ3n) is 3.29. The summed E-state index contributed by atoms with van der Waals surface area (Å²) in [7, 11) is 0. The first-order chi connectivity index (χ1) is 9.19. The number of carbonyl (C=O) groups excluding carboxylic acids is 2. The topological polar surface area (TPSA) is 55.4 Å².